The van der Waals surface area contributed by atoms with E-state index in [1.165, 1.54) is 13.0 Å². The molecule has 3 N–H and O–H groups in total. The van der Waals surface area contributed by atoms with E-state index in [1.54, 1.807) is 0 Å². The SMILES string of the molecule is CCCCCC(=O)c1cc(O)c(C)c(O)c1O. The van der Waals surface area contributed by atoms with Crippen molar-refractivity contribution in [3.63, 3.8) is 0 Å². The van der Waals surface area contributed by atoms with E-state index in [0.717, 1.165) is 19.3 Å². The number of ketones is 1. The van der Waals surface area contributed by atoms with Gasteiger partial charge in [-0.3, -0.25) is 4.79 Å². The number of aromatic hydroxyl groups is 3. The predicted octanol–water partition coefficient (Wildman–Crippen LogP) is 2.87. The number of unbranched alkanes of at least 4 members (excludes halogenated alkanes) is 2. The van der Waals surface area contributed by atoms with Crippen LogP contribution in [0.3, 0.4) is 0 Å². The summed E-state index contributed by atoms with van der Waals surface area (Å²) in [5.74, 6) is -1.31. The van der Waals surface area contributed by atoms with Crippen molar-refractivity contribution in [3.05, 3.63) is 17.2 Å². The first kappa shape index (κ1) is 13.4. The van der Waals surface area contributed by atoms with Crippen molar-refractivity contribution in [2.45, 2.75) is 39.5 Å². The van der Waals surface area contributed by atoms with Crippen LogP contribution < -0.4 is 0 Å². The molecule has 4 nitrogen and oxygen atoms in total. The highest BCUT2D eigenvalue weighted by atomic mass is 16.3. The summed E-state index contributed by atoms with van der Waals surface area (Å²) in [5, 5.41) is 28.7. The smallest absolute Gasteiger partial charge is 0.169 e. The molecular weight excluding hydrogens is 220 g/mol. The van der Waals surface area contributed by atoms with Gasteiger partial charge in [0.05, 0.1) is 5.56 Å². The van der Waals surface area contributed by atoms with Crippen LogP contribution in [0.25, 0.3) is 0 Å². The average Bonchev–Trinajstić information content (AvgIpc) is 2.31. The van der Waals surface area contributed by atoms with E-state index in [2.05, 4.69) is 0 Å². The molecule has 4 heteroatoms. The van der Waals surface area contributed by atoms with Gasteiger partial charge < -0.3 is 15.3 Å². The summed E-state index contributed by atoms with van der Waals surface area (Å²) in [6.45, 7) is 3.50. The molecular formula is C13H18O4. The van der Waals surface area contributed by atoms with Gasteiger partial charge in [0.15, 0.2) is 17.3 Å². The predicted molar refractivity (Wildman–Crippen MR) is 64.6 cm³/mol. The molecule has 0 aliphatic rings. The van der Waals surface area contributed by atoms with Gasteiger partial charge in [0.2, 0.25) is 0 Å². The lowest BCUT2D eigenvalue weighted by Crippen LogP contribution is -2.00. The van der Waals surface area contributed by atoms with Crippen molar-refractivity contribution in [3.8, 4) is 17.2 Å². The zero-order valence-corrected chi connectivity index (χ0v) is 10.2. The first-order chi connectivity index (χ1) is 7.99. The number of carbonyl (C=O) groups excluding carboxylic acids is 1. The number of hydrogen-bond acceptors (Lipinski definition) is 4. The third kappa shape index (κ3) is 2.90. The van der Waals surface area contributed by atoms with E-state index < -0.39 is 11.5 Å². The molecule has 0 spiro atoms. The number of benzene rings is 1. The van der Waals surface area contributed by atoms with Crippen LogP contribution in [0.1, 0.15) is 48.5 Å². The number of carbonyl (C=O) groups is 1. The molecule has 0 aliphatic carbocycles. The number of Topliss-reactive ketones (excluding diaryl/α,β-unsaturated/α-hetero) is 1. The van der Waals surface area contributed by atoms with Crippen molar-refractivity contribution < 1.29 is 20.1 Å². The largest absolute Gasteiger partial charge is 0.508 e. The van der Waals surface area contributed by atoms with Gasteiger partial charge in [-0.05, 0) is 19.4 Å². The van der Waals surface area contributed by atoms with Crippen LogP contribution in [0.5, 0.6) is 17.2 Å². The molecule has 0 fully saturated rings. The van der Waals surface area contributed by atoms with Crippen LogP contribution in [-0.4, -0.2) is 21.1 Å². The lowest BCUT2D eigenvalue weighted by molar-refractivity contribution is 0.0975. The van der Waals surface area contributed by atoms with Gasteiger partial charge >= 0.3 is 0 Å². The van der Waals surface area contributed by atoms with Crippen molar-refractivity contribution >= 4 is 5.78 Å². The highest BCUT2D eigenvalue weighted by molar-refractivity contribution is 6.00. The lowest BCUT2D eigenvalue weighted by atomic mass is 10.0. The molecule has 0 bridgehead atoms. The summed E-state index contributed by atoms with van der Waals surface area (Å²) in [7, 11) is 0. The molecule has 0 unspecified atom stereocenters. The number of phenols is 3. The Hall–Kier alpha value is -1.71. The molecule has 0 amide bonds. The van der Waals surface area contributed by atoms with E-state index >= 15 is 0 Å². The Labute approximate surface area is 101 Å². The zero-order chi connectivity index (χ0) is 13.0. The molecule has 0 saturated heterocycles. The minimum Gasteiger partial charge on any atom is -0.508 e. The fourth-order valence-electron chi connectivity index (χ4n) is 1.62. The van der Waals surface area contributed by atoms with E-state index in [0.29, 0.717) is 6.42 Å². The molecule has 0 aromatic heterocycles. The monoisotopic (exact) mass is 238 g/mol. The second-order valence-corrected chi connectivity index (χ2v) is 4.15. The van der Waals surface area contributed by atoms with Gasteiger partial charge in [-0.25, -0.2) is 0 Å². The third-order valence-corrected chi connectivity index (χ3v) is 2.81. The van der Waals surface area contributed by atoms with Gasteiger partial charge in [-0.2, -0.15) is 0 Å². The normalized spacial score (nSPS) is 10.5. The van der Waals surface area contributed by atoms with Crippen LogP contribution in [0, 0.1) is 6.92 Å². The highest BCUT2D eigenvalue weighted by Gasteiger charge is 2.18. The van der Waals surface area contributed by atoms with Crippen molar-refractivity contribution in [1.82, 2.24) is 0 Å². The maximum Gasteiger partial charge on any atom is 0.169 e. The van der Waals surface area contributed by atoms with E-state index in [4.69, 9.17) is 0 Å². The minimum atomic E-state index is -0.443. The fraction of sp³-hybridized carbons (Fsp3) is 0.462. The minimum absolute atomic E-state index is 0.0123. The number of hydrogen-bond donors (Lipinski definition) is 3. The Morgan fingerprint density at radius 1 is 1.18 bits per heavy atom. The van der Waals surface area contributed by atoms with E-state index in [9.17, 15) is 20.1 Å². The average molecular weight is 238 g/mol. The summed E-state index contributed by atoms with van der Waals surface area (Å²) < 4.78 is 0. The lowest BCUT2D eigenvalue weighted by Gasteiger charge is -2.09. The molecule has 0 atom stereocenters. The van der Waals surface area contributed by atoms with Crippen LogP contribution in [0.15, 0.2) is 6.07 Å². The molecule has 0 aliphatic heterocycles. The Bertz CT molecular complexity index is 424. The molecule has 0 radical (unpaired) electrons. The molecule has 1 aromatic carbocycles. The maximum atomic E-state index is 11.8. The summed E-state index contributed by atoms with van der Waals surface area (Å²) in [5.41, 5.74) is 0.161. The zero-order valence-electron chi connectivity index (χ0n) is 10.2. The van der Waals surface area contributed by atoms with Crippen LogP contribution in [-0.2, 0) is 0 Å². The molecule has 1 rings (SSSR count). The molecule has 17 heavy (non-hydrogen) atoms. The maximum absolute atomic E-state index is 11.8. The quantitative estimate of drug-likeness (QED) is 0.319. The second-order valence-electron chi connectivity index (χ2n) is 4.15. The first-order valence-corrected chi connectivity index (χ1v) is 5.76. The third-order valence-electron chi connectivity index (χ3n) is 2.81. The Morgan fingerprint density at radius 3 is 2.41 bits per heavy atom. The molecule has 1 aromatic rings. The highest BCUT2D eigenvalue weighted by Crippen LogP contribution is 2.38. The number of rotatable bonds is 5. The van der Waals surface area contributed by atoms with Crippen molar-refractivity contribution in [2.24, 2.45) is 0 Å². The van der Waals surface area contributed by atoms with Crippen LogP contribution >= 0.6 is 0 Å². The van der Waals surface area contributed by atoms with Crippen molar-refractivity contribution in [1.29, 1.82) is 0 Å². The van der Waals surface area contributed by atoms with Gasteiger partial charge in [0.25, 0.3) is 0 Å². The van der Waals surface area contributed by atoms with Crippen molar-refractivity contribution in [2.75, 3.05) is 0 Å². The summed E-state index contributed by atoms with van der Waals surface area (Å²) in [4.78, 5) is 11.8. The summed E-state index contributed by atoms with van der Waals surface area (Å²) in [6.07, 6.45) is 2.99. The Morgan fingerprint density at radius 2 is 1.82 bits per heavy atom. The van der Waals surface area contributed by atoms with E-state index in [1.807, 2.05) is 6.92 Å². The summed E-state index contributed by atoms with van der Waals surface area (Å²) in [6, 6.07) is 1.21. The van der Waals surface area contributed by atoms with E-state index in [-0.39, 0.29) is 22.7 Å². The Kier molecular flexibility index (Phi) is 4.37. The second kappa shape index (κ2) is 5.57. The Balaban J connectivity index is 2.94. The van der Waals surface area contributed by atoms with Crippen LogP contribution in [0.4, 0.5) is 0 Å². The van der Waals surface area contributed by atoms with Gasteiger partial charge in [0.1, 0.15) is 5.75 Å². The molecule has 0 saturated carbocycles. The molecule has 94 valence electrons. The standard InChI is InChI=1S/C13H18O4/c1-3-4-5-6-10(14)9-7-11(15)8(2)12(16)13(9)17/h7,15-17H,3-6H2,1-2H3. The number of phenolic OH excluding ortho intramolecular Hbond substituents is 3. The van der Waals surface area contributed by atoms with Gasteiger partial charge in [0, 0.05) is 12.0 Å². The van der Waals surface area contributed by atoms with Crippen LogP contribution in [0.2, 0.25) is 0 Å². The van der Waals surface area contributed by atoms with Gasteiger partial charge in [-0.15, -0.1) is 0 Å². The first-order valence-electron chi connectivity index (χ1n) is 5.76. The topological polar surface area (TPSA) is 77.8 Å². The fourth-order valence-corrected chi connectivity index (χ4v) is 1.62. The molecule has 0 heterocycles. The van der Waals surface area contributed by atoms with Gasteiger partial charge in [-0.1, -0.05) is 19.8 Å². The summed E-state index contributed by atoms with van der Waals surface area (Å²) >= 11 is 0.